The number of guanidine groups is 1. The second kappa shape index (κ2) is 10.0. The van der Waals surface area contributed by atoms with E-state index >= 15 is 0 Å². The molecule has 0 amide bonds. The lowest BCUT2D eigenvalue weighted by atomic mass is 10.3. The quantitative estimate of drug-likeness (QED) is 0.414. The fourth-order valence-electron chi connectivity index (χ4n) is 2.86. The zero-order chi connectivity index (χ0) is 18.9. The fourth-order valence-corrected chi connectivity index (χ4v) is 2.86. The minimum atomic E-state index is 0.268. The third kappa shape index (κ3) is 5.77. The van der Waals surface area contributed by atoms with Crippen molar-refractivity contribution in [2.24, 2.45) is 4.99 Å². The normalized spacial score (nSPS) is 17.3. The number of nitrogens with zero attached hydrogens (tertiary/aromatic N) is 4. The Labute approximate surface area is 160 Å². The molecule has 3 rings (SSSR count). The van der Waals surface area contributed by atoms with Crippen LogP contribution in [0, 0.1) is 6.92 Å². The molecule has 0 bridgehead atoms. The molecular weight excluding hydrogens is 344 g/mol. The van der Waals surface area contributed by atoms with Crippen LogP contribution in [0.2, 0.25) is 0 Å². The van der Waals surface area contributed by atoms with Gasteiger partial charge in [0, 0.05) is 51.9 Å². The van der Waals surface area contributed by atoms with Gasteiger partial charge < -0.3 is 20.1 Å². The smallest absolute Gasteiger partial charge is 0.191 e. The van der Waals surface area contributed by atoms with Gasteiger partial charge in [-0.3, -0.25) is 9.56 Å². The zero-order valence-electron chi connectivity index (χ0n) is 16.0. The monoisotopic (exact) mass is 372 g/mol. The molecule has 2 N–H and O–H groups in total. The summed E-state index contributed by atoms with van der Waals surface area (Å²) in [7, 11) is 1.77. The summed E-state index contributed by atoms with van der Waals surface area (Å²) in [6, 6.07) is 4.05. The molecule has 1 saturated heterocycles. The lowest BCUT2D eigenvalue weighted by Gasteiger charge is -2.13. The SMILES string of the molecule is CN=C(NCCCOC1CCOC1)NCc1ccc(-n2ccnc2C)nc1. The van der Waals surface area contributed by atoms with Crippen molar-refractivity contribution < 1.29 is 9.47 Å². The molecule has 1 atom stereocenters. The Balaban J connectivity index is 1.37. The van der Waals surface area contributed by atoms with E-state index in [4.69, 9.17) is 9.47 Å². The van der Waals surface area contributed by atoms with Crippen LogP contribution in [0.1, 0.15) is 24.2 Å². The minimum absolute atomic E-state index is 0.268. The number of ether oxygens (including phenoxy) is 2. The molecule has 2 aromatic rings. The minimum Gasteiger partial charge on any atom is -0.379 e. The fraction of sp³-hybridized carbons (Fsp3) is 0.526. The Morgan fingerprint density at radius 1 is 1.37 bits per heavy atom. The number of imidazole rings is 1. The van der Waals surface area contributed by atoms with Gasteiger partial charge in [0.15, 0.2) is 5.96 Å². The van der Waals surface area contributed by atoms with Crippen LogP contribution in [0.15, 0.2) is 35.7 Å². The molecule has 27 heavy (non-hydrogen) atoms. The Morgan fingerprint density at radius 2 is 2.30 bits per heavy atom. The number of aromatic nitrogens is 3. The first kappa shape index (κ1) is 19.3. The number of hydrogen-bond donors (Lipinski definition) is 2. The summed E-state index contributed by atoms with van der Waals surface area (Å²) >= 11 is 0. The molecular formula is C19H28N6O2. The first-order valence-electron chi connectivity index (χ1n) is 9.35. The van der Waals surface area contributed by atoms with Crippen LogP contribution in [0.5, 0.6) is 0 Å². The van der Waals surface area contributed by atoms with Crippen molar-refractivity contribution in [3.63, 3.8) is 0 Å². The second-order valence-electron chi connectivity index (χ2n) is 6.43. The Bertz CT molecular complexity index is 722. The number of pyridine rings is 1. The van der Waals surface area contributed by atoms with Gasteiger partial charge in [-0.15, -0.1) is 0 Å². The first-order chi connectivity index (χ1) is 13.3. The number of aryl methyl sites for hydroxylation is 1. The van der Waals surface area contributed by atoms with Crippen molar-refractivity contribution >= 4 is 5.96 Å². The summed E-state index contributed by atoms with van der Waals surface area (Å²) in [6.45, 7) is 5.70. The van der Waals surface area contributed by atoms with Crippen molar-refractivity contribution in [2.75, 3.05) is 33.4 Å². The molecule has 2 aromatic heterocycles. The molecule has 0 aliphatic carbocycles. The van der Waals surface area contributed by atoms with Crippen molar-refractivity contribution in [3.8, 4) is 5.82 Å². The molecule has 0 aromatic carbocycles. The number of rotatable bonds is 8. The van der Waals surface area contributed by atoms with Crippen LogP contribution in [0.3, 0.4) is 0 Å². The van der Waals surface area contributed by atoms with E-state index in [1.807, 2.05) is 30.0 Å². The third-order valence-electron chi connectivity index (χ3n) is 4.42. The summed E-state index contributed by atoms with van der Waals surface area (Å²) in [5, 5.41) is 6.60. The summed E-state index contributed by atoms with van der Waals surface area (Å²) in [6.07, 6.45) is 7.75. The topological polar surface area (TPSA) is 85.6 Å². The van der Waals surface area contributed by atoms with E-state index in [0.29, 0.717) is 6.54 Å². The van der Waals surface area contributed by atoms with E-state index in [2.05, 4.69) is 31.7 Å². The number of aliphatic imine (C=N–C) groups is 1. The van der Waals surface area contributed by atoms with Gasteiger partial charge in [0.2, 0.25) is 0 Å². The largest absolute Gasteiger partial charge is 0.379 e. The van der Waals surface area contributed by atoms with Crippen molar-refractivity contribution in [2.45, 2.75) is 32.4 Å². The highest BCUT2D eigenvalue weighted by Gasteiger charge is 2.15. The van der Waals surface area contributed by atoms with Crippen LogP contribution in [0.25, 0.3) is 5.82 Å². The Morgan fingerprint density at radius 3 is 2.96 bits per heavy atom. The average Bonchev–Trinajstić information content (AvgIpc) is 3.36. The Hall–Kier alpha value is -2.45. The molecule has 1 unspecified atom stereocenters. The van der Waals surface area contributed by atoms with Crippen LogP contribution in [-0.2, 0) is 16.0 Å². The van der Waals surface area contributed by atoms with Gasteiger partial charge in [-0.1, -0.05) is 6.07 Å². The van der Waals surface area contributed by atoms with Gasteiger partial charge in [-0.05, 0) is 31.4 Å². The molecule has 0 radical (unpaired) electrons. The molecule has 8 heteroatoms. The average molecular weight is 372 g/mol. The van der Waals surface area contributed by atoms with Gasteiger partial charge >= 0.3 is 0 Å². The highest BCUT2D eigenvalue weighted by molar-refractivity contribution is 5.79. The molecule has 8 nitrogen and oxygen atoms in total. The molecule has 3 heterocycles. The van der Waals surface area contributed by atoms with Crippen LogP contribution in [0.4, 0.5) is 0 Å². The maximum atomic E-state index is 5.76. The van der Waals surface area contributed by atoms with Crippen molar-refractivity contribution in [1.29, 1.82) is 0 Å². The maximum absolute atomic E-state index is 5.76. The van der Waals surface area contributed by atoms with Crippen molar-refractivity contribution in [3.05, 3.63) is 42.1 Å². The van der Waals surface area contributed by atoms with Crippen molar-refractivity contribution in [1.82, 2.24) is 25.2 Å². The highest BCUT2D eigenvalue weighted by atomic mass is 16.5. The lowest BCUT2D eigenvalue weighted by Crippen LogP contribution is -2.37. The summed E-state index contributed by atoms with van der Waals surface area (Å²) in [4.78, 5) is 13.0. The molecule has 0 saturated carbocycles. The van der Waals surface area contributed by atoms with Gasteiger partial charge in [0.05, 0.1) is 12.7 Å². The summed E-state index contributed by atoms with van der Waals surface area (Å²) in [5.41, 5.74) is 1.09. The first-order valence-corrected chi connectivity index (χ1v) is 9.35. The summed E-state index contributed by atoms with van der Waals surface area (Å²) < 4.78 is 13.0. The van der Waals surface area contributed by atoms with E-state index < -0.39 is 0 Å². The van der Waals surface area contributed by atoms with E-state index in [9.17, 15) is 0 Å². The Kier molecular flexibility index (Phi) is 7.18. The molecule has 1 aliphatic heterocycles. The second-order valence-corrected chi connectivity index (χ2v) is 6.43. The highest BCUT2D eigenvalue weighted by Crippen LogP contribution is 2.09. The standard InChI is InChI=1S/C19H28N6O2/c1-15-21-8-9-25(15)18-5-4-16(12-23-18)13-24-19(20-2)22-7-3-10-27-17-6-11-26-14-17/h4-5,8-9,12,17H,3,6-7,10-11,13-14H2,1-2H3,(H2,20,22,24). The van der Waals surface area contributed by atoms with Crippen LogP contribution in [-0.4, -0.2) is 60.0 Å². The third-order valence-corrected chi connectivity index (χ3v) is 4.42. The molecule has 1 aliphatic rings. The van der Waals surface area contributed by atoms with E-state index in [1.54, 1.807) is 13.2 Å². The molecule has 146 valence electrons. The zero-order valence-corrected chi connectivity index (χ0v) is 16.0. The van der Waals surface area contributed by atoms with E-state index in [1.165, 1.54) is 0 Å². The van der Waals surface area contributed by atoms with Gasteiger partial charge in [-0.2, -0.15) is 0 Å². The van der Waals surface area contributed by atoms with Gasteiger partial charge in [0.1, 0.15) is 11.6 Å². The predicted octanol–water partition coefficient (Wildman–Crippen LogP) is 1.44. The van der Waals surface area contributed by atoms with Crippen LogP contribution >= 0.6 is 0 Å². The van der Waals surface area contributed by atoms with E-state index in [-0.39, 0.29) is 6.10 Å². The molecule has 0 spiro atoms. The van der Waals surface area contributed by atoms with E-state index in [0.717, 1.165) is 62.4 Å². The lowest BCUT2D eigenvalue weighted by molar-refractivity contribution is 0.0420. The maximum Gasteiger partial charge on any atom is 0.191 e. The number of nitrogens with one attached hydrogen (secondary N) is 2. The predicted molar refractivity (Wildman–Crippen MR) is 104 cm³/mol. The number of hydrogen-bond acceptors (Lipinski definition) is 5. The van der Waals surface area contributed by atoms with Gasteiger partial charge in [0.25, 0.3) is 0 Å². The van der Waals surface area contributed by atoms with Gasteiger partial charge in [-0.25, -0.2) is 9.97 Å². The summed E-state index contributed by atoms with van der Waals surface area (Å²) in [5.74, 6) is 2.56. The molecule has 1 fully saturated rings. The van der Waals surface area contributed by atoms with Crippen LogP contribution < -0.4 is 10.6 Å².